The van der Waals surface area contributed by atoms with Crippen LogP contribution in [0.25, 0.3) is 0 Å². The van der Waals surface area contributed by atoms with Crippen LogP contribution in [0.4, 0.5) is 0 Å². The number of fused-ring (bicyclic) bond motifs is 5. The van der Waals surface area contributed by atoms with Gasteiger partial charge in [0, 0.05) is 26.4 Å². The Morgan fingerprint density at radius 3 is 2.25 bits per heavy atom. The Labute approximate surface area is 170 Å². The van der Waals surface area contributed by atoms with E-state index in [4.69, 9.17) is 0 Å². The molecule has 0 amide bonds. The molecule has 4 aliphatic rings. The zero-order chi connectivity index (χ0) is 19.8. The second-order valence-electron chi connectivity index (χ2n) is 10.7. The van der Waals surface area contributed by atoms with E-state index in [1.165, 1.54) is 44.9 Å². The van der Waals surface area contributed by atoms with Crippen molar-refractivity contribution >= 4 is 0 Å². The van der Waals surface area contributed by atoms with Crippen molar-refractivity contribution in [2.75, 3.05) is 26.4 Å². The Balaban J connectivity index is 1.60. The number of hydrogen-bond acceptors (Lipinski definition) is 4. The third-order valence-corrected chi connectivity index (χ3v) is 10.2. The van der Waals surface area contributed by atoms with Crippen LogP contribution in [-0.4, -0.2) is 46.9 Å². The van der Waals surface area contributed by atoms with E-state index in [1.807, 2.05) is 0 Å². The van der Waals surface area contributed by atoms with Crippen molar-refractivity contribution in [2.24, 2.45) is 46.3 Å². The van der Waals surface area contributed by atoms with Crippen LogP contribution in [-0.2, 0) is 0 Å². The zero-order valence-corrected chi connectivity index (χ0v) is 17.6. The summed E-state index contributed by atoms with van der Waals surface area (Å²) in [5.41, 5.74) is 0.107. The quantitative estimate of drug-likeness (QED) is 0.534. The van der Waals surface area contributed by atoms with E-state index < -0.39 is 0 Å². The summed E-state index contributed by atoms with van der Waals surface area (Å²) in [4.78, 5) is 0. The van der Waals surface area contributed by atoms with Gasteiger partial charge in [0.15, 0.2) is 0 Å². The predicted octanol–water partition coefficient (Wildman–Crippen LogP) is 3.36. The van der Waals surface area contributed by atoms with Crippen LogP contribution in [0.15, 0.2) is 0 Å². The summed E-state index contributed by atoms with van der Waals surface area (Å²) in [6.07, 6.45) is 13.7. The molecule has 4 saturated carbocycles. The molecule has 0 radical (unpaired) electrons. The van der Waals surface area contributed by atoms with Crippen molar-refractivity contribution in [3.05, 3.63) is 0 Å². The maximum Gasteiger partial charge on any atom is 0.0492 e. The monoisotopic (exact) mass is 394 g/mol. The minimum atomic E-state index is -0.0395. The molecule has 4 N–H and O–H groups in total. The Morgan fingerprint density at radius 2 is 1.54 bits per heavy atom. The van der Waals surface area contributed by atoms with E-state index in [-0.39, 0.29) is 36.6 Å². The second-order valence-corrected chi connectivity index (χ2v) is 10.7. The molecule has 0 aromatic heterocycles. The van der Waals surface area contributed by atoms with Gasteiger partial charge < -0.3 is 20.4 Å². The first kappa shape index (κ1) is 21.1. The first-order valence-corrected chi connectivity index (χ1v) is 12.1. The molecule has 0 aliphatic heterocycles. The van der Waals surface area contributed by atoms with Gasteiger partial charge >= 0.3 is 0 Å². The van der Waals surface area contributed by atoms with E-state index >= 15 is 0 Å². The summed E-state index contributed by atoms with van der Waals surface area (Å²) in [7, 11) is 0. The van der Waals surface area contributed by atoms with Crippen LogP contribution in [0.1, 0.15) is 77.0 Å². The summed E-state index contributed by atoms with van der Waals surface area (Å²) < 4.78 is 0. The van der Waals surface area contributed by atoms with Crippen LogP contribution < -0.4 is 0 Å². The molecule has 0 aromatic carbocycles. The standard InChI is InChI=1S/C24H42O4/c25-13-3-4-17(14-26)20-8-9-21-19-7-6-18-5-1-2-11-23(18,15-27)22(19)10-12-24(20,21)16-28/h17-22,25-28H,1-16H2/t17-,18?,19-,20+,21-,22-,23+,24-/m0/s1. The van der Waals surface area contributed by atoms with Crippen LogP contribution in [0.2, 0.25) is 0 Å². The van der Waals surface area contributed by atoms with E-state index in [2.05, 4.69) is 0 Å². The van der Waals surface area contributed by atoms with Crippen molar-refractivity contribution in [1.82, 2.24) is 0 Å². The van der Waals surface area contributed by atoms with Crippen LogP contribution in [0.3, 0.4) is 0 Å². The van der Waals surface area contributed by atoms with Gasteiger partial charge in [0.2, 0.25) is 0 Å². The fourth-order valence-corrected chi connectivity index (χ4v) is 9.02. The molecule has 162 valence electrons. The number of aliphatic hydroxyl groups excluding tert-OH is 4. The first-order valence-electron chi connectivity index (χ1n) is 12.1. The van der Waals surface area contributed by atoms with Gasteiger partial charge in [0.1, 0.15) is 0 Å². The average Bonchev–Trinajstić information content (AvgIpc) is 3.14. The molecule has 0 spiro atoms. The van der Waals surface area contributed by atoms with Gasteiger partial charge in [-0.05, 0) is 111 Å². The maximum atomic E-state index is 10.7. The van der Waals surface area contributed by atoms with Gasteiger partial charge in [-0.15, -0.1) is 0 Å². The zero-order valence-electron chi connectivity index (χ0n) is 17.6. The molecule has 8 atom stereocenters. The lowest BCUT2D eigenvalue weighted by Crippen LogP contribution is -2.57. The summed E-state index contributed by atoms with van der Waals surface area (Å²) >= 11 is 0. The van der Waals surface area contributed by atoms with Crippen LogP contribution in [0, 0.1) is 46.3 Å². The van der Waals surface area contributed by atoms with Gasteiger partial charge in [-0.2, -0.15) is 0 Å². The second kappa shape index (κ2) is 8.53. The van der Waals surface area contributed by atoms with Gasteiger partial charge in [-0.25, -0.2) is 0 Å². The third-order valence-electron chi connectivity index (χ3n) is 10.2. The SMILES string of the molecule is OCCC[C@@H](CO)[C@H]1CC[C@H]2[C@@H]3CCC4CCCC[C@]4(CO)[C@H]3CC[C@]12CO. The van der Waals surface area contributed by atoms with Crippen molar-refractivity contribution in [3.63, 3.8) is 0 Å². The minimum Gasteiger partial charge on any atom is -0.396 e. The molecule has 0 saturated heterocycles. The van der Waals surface area contributed by atoms with E-state index in [9.17, 15) is 20.4 Å². The van der Waals surface area contributed by atoms with E-state index in [0.29, 0.717) is 36.2 Å². The van der Waals surface area contributed by atoms with Gasteiger partial charge in [-0.3, -0.25) is 0 Å². The molecule has 0 bridgehead atoms. The number of rotatable bonds is 7. The maximum absolute atomic E-state index is 10.7. The molecule has 4 nitrogen and oxygen atoms in total. The number of hydrogen-bond donors (Lipinski definition) is 4. The molecule has 4 fully saturated rings. The van der Waals surface area contributed by atoms with Crippen molar-refractivity contribution in [1.29, 1.82) is 0 Å². The molecule has 4 heteroatoms. The smallest absolute Gasteiger partial charge is 0.0492 e. The average molecular weight is 395 g/mol. The van der Waals surface area contributed by atoms with Crippen molar-refractivity contribution in [3.8, 4) is 0 Å². The molecular weight excluding hydrogens is 352 g/mol. The fourth-order valence-electron chi connectivity index (χ4n) is 9.02. The Hall–Kier alpha value is -0.160. The fraction of sp³-hybridized carbons (Fsp3) is 1.00. The molecule has 4 aliphatic carbocycles. The van der Waals surface area contributed by atoms with E-state index in [0.717, 1.165) is 32.1 Å². The Kier molecular flexibility index (Phi) is 6.42. The topological polar surface area (TPSA) is 80.9 Å². The van der Waals surface area contributed by atoms with Crippen LogP contribution >= 0.6 is 0 Å². The highest BCUT2D eigenvalue weighted by Crippen LogP contribution is 2.68. The Morgan fingerprint density at radius 1 is 0.750 bits per heavy atom. The highest BCUT2D eigenvalue weighted by Gasteiger charge is 2.62. The van der Waals surface area contributed by atoms with Gasteiger partial charge in [-0.1, -0.05) is 12.8 Å². The van der Waals surface area contributed by atoms with Crippen molar-refractivity contribution in [2.45, 2.75) is 77.0 Å². The largest absolute Gasteiger partial charge is 0.396 e. The molecule has 28 heavy (non-hydrogen) atoms. The molecular formula is C24H42O4. The first-order chi connectivity index (χ1) is 13.7. The lowest BCUT2D eigenvalue weighted by atomic mass is 9.44. The molecule has 4 rings (SSSR count). The summed E-state index contributed by atoms with van der Waals surface area (Å²) in [5.74, 6) is 3.12. The lowest BCUT2D eigenvalue weighted by molar-refractivity contribution is -0.155. The lowest BCUT2D eigenvalue weighted by Gasteiger charge is -2.61. The highest BCUT2D eigenvalue weighted by molar-refractivity contribution is 5.11. The van der Waals surface area contributed by atoms with Crippen molar-refractivity contribution < 1.29 is 20.4 Å². The normalized spacial score (nSPS) is 46.5. The molecule has 0 heterocycles. The third kappa shape index (κ3) is 3.09. The summed E-state index contributed by atoms with van der Waals surface area (Å²) in [5, 5.41) is 40.6. The molecule has 1 unspecified atom stereocenters. The van der Waals surface area contributed by atoms with Gasteiger partial charge in [0.05, 0.1) is 0 Å². The van der Waals surface area contributed by atoms with E-state index in [1.54, 1.807) is 0 Å². The minimum absolute atomic E-state index is 0.0395. The summed E-state index contributed by atoms with van der Waals surface area (Å²) in [6, 6.07) is 0. The summed E-state index contributed by atoms with van der Waals surface area (Å²) in [6.45, 7) is 0.966. The Bertz CT molecular complexity index is 525. The molecule has 0 aromatic rings. The number of aliphatic hydroxyl groups is 4. The highest BCUT2D eigenvalue weighted by atomic mass is 16.3. The van der Waals surface area contributed by atoms with Gasteiger partial charge in [0.25, 0.3) is 0 Å². The van der Waals surface area contributed by atoms with Crippen LogP contribution in [0.5, 0.6) is 0 Å². The predicted molar refractivity (Wildman–Crippen MR) is 110 cm³/mol.